The van der Waals surface area contributed by atoms with E-state index in [0.717, 1.165) is 0 Å². The molecule has 8 nitrogen and oxygen atoms in total. The predicted octanol–water partition coefficient (Wildman–Crippen LogP) is 2.82. The van der Waals surface area contributed by atoms with E-state index in [1.165, 1.54) is 6.92 Å². The number of hydrogen-bond acceptors (Lipinski definition) is 6. The first-order chi connectivity index (χ1) is 14.3. The van der Waals surface area contributed by atoms with Gasteiger partial charge in [0, 0.05) is 24.1 Å². The third-order valence-corrected chi connectivity index (χ3v) is 4.89. The molecule has 2 aromatic heterocycles. The number of Topliss-reactive ketones (excluding diaryl/α,β-unsaturated/α-hetero) is 2. The lowest BCUT2D eigenvalue weighted by Crippen LogP contribution is -2.16. The van der Waals surface area contributed by atoms with Crippen molar-refractivity contribution in [1.82, 2.24) is 15.0 Å². The third-order valence-electron chi connectivity index (χ3n) is 4.89. The number of hydrogen-bond donors (Lipinski definition) is 2. The quantitative estimate of drug-likeness (QED) is 0.436. The van der Waals surface area contributed by atoms with Crippen molar-refractivity contribution >= 4 is 28.4 Å². The lowest BCUT2D eigenvalue weighted by molar-refractivity contribution is -0.142. The number of aryl methyl sites for hydroxylation is 2. The molecule has 0 aliphatic carbocycles. The van der Waals surface area contributed by atoms with Crippen molar-refractivity contribution in [3.05, 3.63) is 63.0 Å². The average Bonchev–Trinajstić information content (AvgIpc) is 3.00. The molecule has 0 aliphatic rings. The number of aromatic nitrogens is 3. The highest BCUT2D eigenvalue weighted by Gasteiger charge is 2.20. The summed E-state index contributed by atoms with van der Waals surface area (Å²) >= 11 is 0. The van der Waals surface area contributed by atoms with E-state index in [0.29, 0.717) is 46.4 Å². The van der Waals surface area contributed by atoms with Crippen LogP contribution in [0.15, 0.2) is 29.1 Å². The molecule has 2 N–H and O–H groups in total. The van der Waals surface area contributed by atoms with Crippen LogP contribution < -0.4 is 5.56 Å². The van der Waals surface area contributed by atoms with Crippen LogP contribution in [-0.4, -0.2) is 39.1 Å². The lowest BCUT2D eigenvalue weighted by Gasteiger charge is -2.05. The molecule has 0 amide bonds. The van der Waals surface area contributed by atoms with Gasteiger partial charge in [-0.1, -0.05) is 12.1 Å². The van der Waals surface area contributed by atoms with Gasteiger partial charge in [-0.25, -0.2) is 4.98 Å². The molecule has 0 bridgehead atoms. The molecule has 2 heterocycles. The van der Waals surface area contributed by atoms with Crippen molar-refractivity contribution in [2.75, 3.05) is 6.61 Å². The predicted molar refractivity (Wildman–Crippen MR) is 111 cm³/mol. The summed E-state index contributed by atoms with van der Waals surface area (Å²) in [6.45, 7) is 4.45. The number of carbonyl (C=O) groups is 3. The number of ether oxygens (including phenoxy) is 1. The van der Waals surface area contributed by atoms with Gasteiger partial charge in [-0.15, -0.1) is 0 Å². The summed E-state index contributed by atoms with van der Waals surface area (Å²) < 4.78 is 5.07. The van der Waals surface area contributed by atoms with Crippen LogP contribution in [-0.2, 0) is 16.0 Å². The number of benzene rings is 1. The minimum absolute atomic E-state index is 0.0885. The molecule has 1 aromatic carbocycles. The zero-order valence-corrected chi connectivity index (χ0v) is 17.1. The number of nitrogens with zero attached hydrogens (tertiary/aromatic N) is 1. The molecule has 30 heavy (non-hydrogen) atoms. The first-order valence-corrected chi connectivity index (χ1v) is 9.64. The van der Waals surface area contributed by atoms with Gasteiger partial charge in [0.2, 0.25) is 5.78 Å². The maximum atomic E-state index is 12.3. The van der Waals surface area contributed by atoms with Gasteiger partial charge in [0.15, 0.2) is 12.4 Å². The zero-order chi connectivity index (χ0) is 21.8. The van der Waals surface area contributed by atoms with Crippen LogP contribution in [0.25, 0.3) is 10.9 Å². The second-order valence-corrected chi connectivity index (χ2v) is 7.15. The maximum Gasteiger partial charge on any atom is 0.306 e. The van der Waals surface area contributed by atoms with E-state index < -0.39 is 18.4 Å². The zero-order valence-electron chi connectivity index (χ0n) is 17.1. The molecular weight excluding hydrogens is 386 g/mol. The average molecular weight is 409 g/mol. The van der Waals surface area contributed by atoms with Crippen molar-refractivity contribution in [2.24, 2.45) is 0 Å². The molecule has 0 radical (unpaired) electrons. The molecule has 0 aliphatic heterocycles. The molecule has 156 valence electrons. The van der Waals surface area contributed by atoms with Gasteiger partial charge in [0.25, 0.3) is 5.56 Å². The minimum atomic E-state index is -0.515. The molecule has 0 atom stereocenters. The summed E-state index contributed by atoms with van der Waals surface area (Å²) in [6, 6.07) is 7.04. The number of rotatable bonds is 8. The lowest BCUT2D eigenvalue weighted by atomic mass is 10.1. The summed E-state index contributed by atoms with van der Waals surface area (Å²) in [5, 5.41) is 0.516. The van der Waals surface area contributed by atoms with E-state index in [1.807, 2.05) is 0 Å². The van der Waals surface area contributed by atoms with E-state index in [2.05, 4.69) is 15.0 Å². The Labute approximate surface area is 172 Å². The van der Waals surface area contributed by atoms with E-state index in [9.17, 15) is 19.2 Å². The second kappa shape index (κ2) is 8.86. The Bertz CT molecular complexity index is 1190. The standard InChI is InChI=1S/C22H23N3O5/c1-12-20(14(3)26)13(2)23-21(12)17(27)11-30-19(28)10-6-9-18-24-16-8-5-4-7-15(16)22(29)25-18/h4-5,7-8,23H,6,9-11H2,1-3H3,(H,24,25,29). The third kappa shape index (κ3) is 4.53. The van der Waals surface area contributed by atoms with Crippen molar-refractivity contribution < 1.29 is 19.1 Å². The first-order valence-electron chi connectivity index (χ1n) is 9.64. The van der Waals surface area contributed by atoms with Crippen molar-refractivity contribution in [3.63, 3.8) is 0 Å². The molecule has 0 fully saturated rings. The smallest absolute Gasteiger partial charge is 0.306 e. The van der Waals surface area contributed by atoms with Gasteiger partial charge >= 0.3 is 5.97 Å². The Hall–Kier alpha value is -3.55. The molecule has 3 aromatic rings. The molecule has 8 heteroatoms. The number of ketones is 2. The van der Waals surface area contributed by atoms with Crippen LogP contribution >= 0.6 is 0 Å². The maximum absolute atomic E-state index is 12.3. The van der Waals surface area contributed by atoms with Crippen molar-refractivity contribution in [3.8, 4) is 0 Å². The van der Waals surface area contributed by atoms with E-state index in [4.69, 9.17) is 4.74 Å². The first kappa shape index (κ1) is 21.2. The normalized spacial score (nSPS) is 10.9. The number of fused-ring (bicyclic) bond motifs is 1. The van der Waals surface area contributed by atoms with Gasteiger partial charge in [-0.2, -0.15) is 0 Å². The van der Waals surface area contributed by atoms with Crippen LogP contribution in [0.4, 0.5) is 0 Å². The van der Waals surface area contributed by atoms with Crippen molar-refractivity contribution in [2.45, 2.75) is 40.0 Å². The number of aromatic amines is 2. The van der Waals surface area contributed by atoms with Gasteiger partial charge in [0.1, 0.15) is 5.82 Å². The van der Waals surface area contributed by atoms with Crippen LogP contribution in [0.1, 0.15) is 57.7 Å². The SMILES string of the molecule is CC(=O)c1c(C)[nH]c(C(=O)COC(=O)CCCc2nc3ccccc3c(=O)[nH]2)c1C. The van der Waals surface area contributed by atoms with Gasteiger partial charge in [-0.05, 0) is 44.9 Å². The summed E-state index contributed by atoms with van der Waals surface area (Å²) in [5.41, 5.74) is 2.33. The Balaban J connectivity index is 1.52. The second-order valence-electron chi connectivity index (χ2n) is 7.15. The minimum Gasteiger partial charge on any atom is -0.457 e. The molecule has 0 unspecified atom stereocenters. The van der Waals surface area contributed by atoms with Crippen molar-refractivity contribution in [1.29, 1.82) is 0 Å². The topological polar surface area (TPSA) is 122 Å². The largest absolute Gasteiger partial charge is 0.457 e. The van der Waals surface area contributed by atoms with Crippen LogP contribution in [0, 0.1) is 13.8 Å². The summed E-state index contributed by atoms with van der Waals surface area (Å²) in [5.74, 6) is -0.536. The Morgan fingerprint density at radius 3 is 2.53 bits per heavy atom. The van der Waals surface area contributed by atoms with E-state index in [1.54, 1.807) is 38.1 Å². The number of carbonyl (C=O) groups excluding carboxylic acids is 3. The van der Waals surface area contributed by atoms with E-state index in [-0.39, 0.29) is 23.5 Å². The van der Waals surface area contributed by atoms with E-state index >= 15 is 0 Å². The van der Waals surface area contributed by atoms with Crippen LogP contribution in [0.5, 0.6) is 0 Å². The molecule has 0 saturated heterocycles. The number of para-hydroxylation sites is 1. The molecule has 0 spiro atoms. The Kier molecular flexibility index (Phi) is 6.25. The fourth-order valence-corrected chi connectivity index (χ4v) is 3.50. The summed E-state index contributed by atoms with van der Waals surface area (Å²) in [7, 11) is 0. The number of esters is 1. The fraction of sp³-hybridized carbons (Fsp3) is 0.318. The molecule has 3 rings (SSSR count). The molecule has 0 saturated carbocycles. The fourth-order valence-electron chi connectivity index (χ4n) is 3.50. The highest BCUT2D eigenvalue weighted by molar-refractivity contribution is 6.04. The van der Waals surface area contributed by atoms with Crippen LogP contribution in [0.2, 0.25) is 0 Å². The monoisotopic (exact) mass is 409 g/mol. The summed E-state index contributed by atoms with van der Waals surface area (Å²) in [6.07, 6.45) is 0.911. The Morgan fingerprint density at radius 1 is 1.10 bits per heavy atom. The highest BCUT2D eigenvalue weighted by Crippen LogP contribution is 2.19. The number of nitrogens with one attached hydrogen (secondary N) is 2. The van der Waals surface area contributed by atoms with Crippen LogP contribution in [0.3, 0.4) is 0 Å². The van der Waals surface area contributed by atoms with Gasteiger partial charge in [0.05, 0.1) is 16.6 Å². The van der Waals surface area contributed by atoms with Gasteiger partial charge in [-0.3, -0.25) is 19.2 Å². The van der Waals surface area contributed by atoms with Gasteiger partial charge < -0.3 is 14.7 Å². The number of H-pyrrole nitrogens is 2. The Morgan fingerprint density at radius 2 is 1.83 bits per heavy atom. The summed E-state index contributed by atoms with van der Waals surface area (Å²) in [4.78, 5) is 58.1. The highest BCUT2D eigenvalue weighted by atomic mass is 16.5. The molecular formula is C22H23N3O5.